The van der Waals surface area contributed by atoms with Crippen LogP contribution in [-0.2, 0) is 13.2 Å². The molecule has 4 saturated carbocycles. The zero-order valence-electron chi connectivity index (χ0n) is 41.0. The second-order valence-electron chi connectivity index (χ2n) is 20.8. The lowest BCUT2D eigenvalue weighted by Gasteiger charge is -2.38. The van der Waals surface area contributed by atoms with Gasteiger partial charge in [-0.25, -0.2) is 0 Å². The molecule has 4 aliphatic rings. The molecular weight excluding hydrogens is 887 g/mol. The molecule has 10 heteroatoms. The van der Waals surface area contributed by atoms with Crippen LogP contribution in [0.25, 0.3) is 0 Å². The number of benzene rings is 4. The van der Waals surface area contributed by atoms with Crippen molar-refractivity contribution in [3.05, 3.63) is 119 Å². The molecule has 0 bridgehead atoms. The van der Waals surface area contributed by atoms with Gasteiger partial charge in [-0.05, 0) is 195 Å². The fraction of sp³-hybridized carbons (Fsp3) is 0.593. The number of hydrogen-bond acceptors (Lipinski definition) is 4. The minimum absolute atomic E-state index is 0.200. The van der Waals surface area contributed by atoms with Crippen molar-refractivity contribution in [1.29, 1.82) is 0 Å². The van der Waals surface area contributed by atoms with E-state index in [-0.39, 0.29) is 24.7 Å². The summed E-state index contributed by atoms with van der Waals surface area (Å²) >= 11 is 0. The van der Waals surface area contributed by atoms with E-state index in [4.69, 9.17) is 9.47 Å². The second-order valence-corrected chi connectivity index (χ2v) is 20.8. The number of ether oxygens (including phenoxy) is 4. The molecule has 0 amide bonds. The molecule has 4 fully saturated rings. The van der Waals surface area contributed by atoms with Gasteiger partial charge in [0.25, 0.3) is 0 Å². The smallest absolute Gasteiger partial charge is 0.489 e. The van der Waals surface area contributed by atoms with E-state index in [1.54, 1.807) is 24.3 Å². The summed E-state index contributed by atoms with van der Waals surface area (Å²) in [5, 5.41) is 0. The van der Waals surface area contributed by atoms with Crippen LogP contribution < -0.4 is 18.9 Å². The lowest BCUT2D eigenvalue weighted by Crippen LogP contribution is -2.25. The molecule has 0 N–H and O–H groups in total. The number of unbranched alkanes of at least 4 members (excludes halogenated alkanes) is 1. The summed E-state index contributed by atoms with van der Waals surface area (Å²) in [5.74, 6) is 7.81. The Labute approximate surface area is 408 Å². The molecule has 0 aromatic heterocycles. The first-order valence-corrected chi connectivity index (χ1v) is 26.4. The topological polar surface area (TPSA) is 36.9 Å². The molecular formula is C59H76F6O4. The van der Waals surface area contributed by atoms with E-state index in [1.807, 2.05) is 24.3 Å². The zero-order chi connectivity index (χ0) is 48.6. The van der Waals surface area contributed by atoms with Crippen molar-refractivity contribution in [1.82, 2.24) is 0 Å². The van der Waals surface area contributed by atoms with E-state index in [1.165, 1.54) is 170 Å². The van der Waals surface area contributed by atoms with Gasteiger partial charge in [0.1, 0.15) is 36.2 Å². The molecule has 69 heavy (non-hydrogen) atoms. The number of alkyl halides is 6. The average molecular weight is 963 g/mol. The molecule has 8 rings (SSSR count). The lowest BCUT2D eigenvalue weighted by molar-refractivity contribution is -0.275. The molecule has 0 saturated heterocycles. The van der Waals surface area contributed by atoms with Crippen molar-refractivity contribution in [3.63, 3.8) is 0 Å². The third-order valence-electron chi connectivity index (χ3n) is 16.1. The van der Waals surface area contributed by atoms with Gasteiger partial charge in [0.05, 0.1) is 0 Å². The van der Waals surface area contributed by atoms with Gasteiger partial charge in [0, 0.05) is 0 Å². The summed E-state index contributed by atoms with van der Waals surface area (Å²) < 4.78 is 94.7. The SMILES string of the molecule is CCCC1CCC(C2CCC(c3cccc(OCc4cccc(OC(F)(F)F)c4)c3)CC2)CC1.CCCCC1CCC(C2CCC(c3cccc(OCc4cccc(OC(F)(F)F)c4)c3)CC2)CC1. The maximum atomic E-state index is 12.5. The molecule has 4 aromatic carbocycles. The largest absolute Gasteiger partial charge is 0.573 e. The Hall–Kier alpha value is -4.34. The van der Waals surface area contributed by atoms with Crippen LogP contribution in [0.15, 0.2) is 97.1 Å². The number of hydrogen-bond donors (Lipinski definition) is 0. The quantitative estimate of drug-likeness (QED) is 0.0988. The molecule has 0 heterocycles. The Kier molecular flexibility index (Phi) is 19.5. The first-order chi connectivity index (χ1) is 33.3. The van der Waals surface area contributed by atoms with Crippen LogP contribution in [0, 0.1) is 35.5 Å². The third-order valence-corrected chi connectivity index (χ3v) is 16.1. The monoisotopic (exact) mass is 963 g/mol. The molecule has 0 unspecified atom stereocenters. The van der Waals surface area contributed by atoms with Crippen LogP contribution in [0.3, 0.4) is 0 Å². The van der Waals surface area contributed by atoms with E-state index in [0.717, 1.165) is 47.0 Å². The second kappa shape index (κ2) is 25.7. The van der Waals surface area contributed by atoms with Gasteiger partial charge in [-0.2, -0.15) is 0 Å². The highest BCUT2D eigenvalue weighted by atomic mass is 19.4. The predicted octanol–water partition coefficient (Wildman–Crippen LogP) is 18.5. The predicted molar refractivity (Wildman–Crippen MR) is 263 cm³/mol. The molecule has 0 atom stereocenters. The van der Waals surface area contributed by atoms with E-state index in [2.05, 4.69) is 47.6 Å². The highest BCUT2D eigenvalue weighted by Crippen LogP contribution is 2.47. The fourth-order valence-electron chi connectivity index (χ4n) is 12.4. The third kappa shape index (κ3) is 17.2. The Morgan fingerprint density at radius 1 is 0.406 bits per heavy atom. The summed E-state index contributed by atoms with van der Waals surface area (Å²) in [6, 6.07) is 28.4. The minimum Gasteiger partial charge on any atom is -0.489 e. The lowest BCUT2D eigenvalue weighted by atomic mass is 9.68. The average Bonchev–Trinajstić information content (AvgIpc) is 3.35. The van der Waals surface area contributed by atoms with E-state index in [0.29, 0.717) is 23.0 Å². The van der Waals surface area contributed by atoms with Crippen LogP contribution in [0.5, 0.6) is 23.0 Å². The van der Waals surface area contributed by atoms with Crippen molar-refractivity contribution >= 4 is 0 Å². The highest BCUT2D eigenvalue weighted by molar-refractivity contribution is 5.34. The standard InChI is InChI=1S/C30H39F3O2.C29H37F3O2/c1-2-3-6-22-11-13-24(14-12-22)25-15-17-26(18-16-25)27-8-5-9-28(20-27)34-21-23-7-4-10-29(19-23)35-30(31,32)33;1-2-5-21-10-12-23(13-11-21)24-14-16-25(17-15-24)26-7-4-8-27(19-26)33-20-22-6-3-9-28(18-22)34-29(30,31)32/h4-5,7-10,19-20,22,24-26H,2-3,6,11-18,21H2,1H3;3-4,6-9,18-19,21,23-25H,2,5,10-17,20H2,1H3. The summed E-state index contributed by atoms with van der Waals surface area (Å²) in [6.07, 6.45) is 19.2. The molecule has 0 aliphatic heterocycles. The van der Waals surface area contributed by atoms with Gasteiger partial charge in [-0.3, -0.25) is 0 Å². The molecule has 4 aromatic rings. The summed E-state index contributed by atoms with van der Waals surface area (Å²) in [7, 11) is 0. The minimum atomic E-state index is -4.69. The first kappa shape index (κ1) is 52.5. The number of rotatable bonds is 17. The zero-order valence-corrected chi connectivity index (χ0v) is 41.0. The van der Waals surface area contributed by atoms with Gasteiger partial charge in [0.15, 0.2) is 0 Å². The van der Waals surface area contributed by atoms with E-state index >= 15 is 0 Å². The Bertz CT molecular complexity index is 2100. The number of halogens is 6. The van der Waals surface area contributed by atoms with E-state index < -0.39 is 12.7 Å². The van der Waals surface area contributed by atoms with Crippen LogP contribution >= 0.6 is 0 Å². The van der Waals surface area contributed by atoms with E-state index in [9.17, 15) is 26.3 Å². The Morgan fingerprint density at radius 3 is 1.14 bits per heavy atom. The normalized spacial score (nSPS) is 25.4. The molecule has 4 nitrogen and oxygen atoms in total. The first-order valence-electron chi connectivity index (χ1n) is 26.4. The van der Waals surface area contributed by atoms with Gasteiger partial charge in [0.2, 0.25) is 0 Å². The highest BCUT2D eigenvalue weighted by Gasteiger charge is 2.34. The maximum Gasteiger partial charge on any atom is 0.573 e. The summed E-state index contributed by atoms with van der Waals surface area (Å²) in [5.41, 5.74) is 3.92. The van der Waals surface area contributed by atoms with Gasteiger partial charge < -0.3 is 18.9 Å². The van der Waals surface area contributed by atoms with Crippen LogP contribution in [0.1, 0.15) is 183 Å². The van der Waals surface area contributed by atoms with Crippen LogP contribution in [0.4, 0.5) is 26.3 Å². The van der Waals surface area contributed by atoms with Gasteiger partial charge >= 0.3 is 12.7 Å². The van der Waals surface area contributed by atoms with Crippen LogP contribution in [0.2, 0.25) is 0 Å². The molecule has 4 aliphatic carbocycles. The summed E-state index contributed by atoms with van der Waals surface area (Å²) in [6.45, 7) is 5.00. The maximum absolute atomic E-state index is 12.5. The molecule has 0 spiro atoms. The van der Waals surface area contributed by atoms with Crippen molar-refractivity contribution in [2.45, 2.75) is 186 Å². The molecule has 378 valence electrons. The summed E-state index contributed by atoms with van der Waals surface area (Å²) in [4.78, 5) is 0. The fourth-order valence-corrected chi connectivity index (χ4v) is 12.4. The van der Waals surface area contributed by atoms with Crippen LogP contribution in [-0.4, -0.2) is 12.7 Å². The van der Waals surface area contributed by atoms with Crippen molar-refractivity contribution in [2.75, 3.05) is 0 Å². The Morgan fingerprint density at radius 2 is 0.768 bits per heavy atom. The van der Waals surface area contributed by atoms with Gasteiger partial charge in [-0.1, -0.05) is 120 Å². The molecule has 0 radical (unpaired) electrons. The van der Waals surface area contributed by atoms with Crippen molar-refractivity contribution in [2.24, 2.45) is 35.5 Å². The van der Waals surface area contributed by atoms with Crippen molar-refractivity contribution in [3.8, 4) is 23.0 Å². The van der Waals surface area contributed by atoms with Crippen molar-refractivity contribution < 1.29 is 45.3 Å². The van der Waals surface area contributed by atoms with Gasteiger partial charge in [-0.15, -0.1) is 26.3 Å². The Balaban J connectivity index is 0.000000204.